The zero-order chi connectivity index (χ0) is 8.15. The summed E-state index contributed by atoms with van der Waals surface area (Å²) in [7, 11) is 0. The average Bonchev–Trinajstić information content (AvgIpc) is 1.87. The first kappa shape index (κ1) is 10.5. The van der Waals surface area contributed by atoms with E-state index in [4.69, 9.17) is 0 Å². The molecular weight excluding hydrogens is 188 g/mol. The molecule has 2 atom stereocenters. The molecule has 10 heavy (non-hydrogen) atoms. The lowest BCUT2D eigenvalue weighted by atomic mass is 9.93. The van der Waals surface area contributed by atoms with Crippen LogP contribution in [-0.2, 0) is 0 Å². The average molecular weight is 207 g/mol. The molecule has 0 saturated carbocycles. The van der Waals surface area contributed by atoms with Crippen LogP contribution in [0.25, 0.3) is 0 Å². The number of rotatable bonds is 4. The van der Waals surface area contributed by atoms with E-state index in [1.165, 1.54) is 12.8 Å². The van der Waals surface area contributed by atoms with E-state index in [0.717, 1.165) is 16.7 Å². The Morgan fingerprint density at radius 2 is 1.70 bits per heavy atom. The van der Waals surface area contributed by atoms with E-state index in [0.29, 0.717) is 0 Å². The normalized spacial score (nSPS) is 17.4. The molecule has 0 amide bonds. The Morgan fingerprint density at radius 1 is 1.20 bits per heavy atom. The van der Waals surface area contributed by atoms with Crippen molar-refractivity contribution in [1.29, 1.82) is 0 Å². The molecule has 0 aromatic heterocycles. The second-order valence-electron chi connectivity index (χ2n) is 3.41. The van der Waals surface area contributed by atoms with Crippen LogP contribution in [0.3, 0.4) is 0 Å². The number of hydrogen-bond acceptors (Lipinski definition) is 0. The van der Waals surface area contributed by atoms with Crippen molar-refractivity contribution in [2.75, 3.05) is 0 Å². The smallest absolute Gasteiger partial charge is 0.0173 e. The monoisotopic (exact) mass is 206 g/mol. The van der Waals surface area contributed by atoms with Crippen molar-refractivity contribution in [1.82, 2.24) is 0 Å². The maximum absolute atomic E-state index is 3.70. The third-order valence-electron chi connectivity index (χ3n) is 2.19. The van der Waals surface area contributed by atoms with Gasteiger partial charge in [-0.2, -0.15) is 0 Å². The molecule has 62 valence electrons. The van der Waals surface area contributed by atoms with Crippen LogP contribution in [0.1, 0.15) is 40.5 Å². The molecule has 0 aromatic rings. The van der Waals surface area contributed by atoms with E-state index in [9.17, 15) is 0 Å². The first-order valence-corrected chi connectivity index (χ1v) is 5.15. The van der Waals surface area contributed by atoms with Gasteiger partial charge in [0.2, 0.25) is 0 Å². The van der Waals surface area contributed by atoms with E-state index >= 15 is 0 Å². The summed E-state index contributed by atoms with van der Waals surface area (Å²) < 4.78 is 0. The number of alkyl halides is 1. The van der Waals surface area contributed by atoms with Crippen molar-refractivity contribution in [3.63, 3.8) is 0 Å². The quantitative estimate of drug-likeness (QED) is 0.614. The van der Waals surface area contributed by atoms with Crippen LogP contribution in [0, 0.1) is 11.8 Å². The summed E-state index contributed by atoms with van der Waals surface area (Å²) in [5.41, 5.74) is 0. The lowest BCUT2D eigenvalue weighted by molar-refractivity contribution is 0.396. The highest BCUT2D eigenvalue weighted by molar-refractivity contribution is 9.09. The second-order valence-corrected chi connectivity index (χ2v) is 4.58. The SMILES string of the molecule is CCCC(Br)C(C)C(C)C. The van der Waals surface area contributed by atoms with Gasteiger partial charge < -0.3 is 0 Å². The van der Waals surface area contributed by atoms with Gasteiger partial charge in [-0.3, -0.25) is 0 Å². The van der Waals surface area contributed by atoms with Crippen LogP contribution < -0.4 is 0 Å². The molecule has 0 nitrogen and oxygen atoms in total. The zero-order valence-corrected chi connectivity index (χ0v) is 9.11. The molecule has 0 heterocycles. The van der Waals surface area contributed by atoms with E-state index in [2.05, 4.69) is 43.6 Å². The first-order chi connectivity index (χ1) is 4.59. The van der Waals surface area contributed by atoms with E-state index in [1.807, 2.05) is 0 Å². The van der Waals surface area contributed by atoms with Crippen molar-refractivity contribution in [2.24, 2.45) is 11.8 Å². The molecule has 0 aliphatic rings. The molecular formula is C9H19Br. The van der Waals surface area contributed by atoms with E-state index < -0.39 is 0 Å². The Bertz CT molecular complexity index is 78.8. The molecule has 0 rings (SSSR count). The van der Waals surface area contributed by atoms with Gasteiger partial charge in [0.25, 0.3) is 0 Å². The first-order valence-electron chi connectivity index (χ1n) is 4.23. The van der Waals surface area contributed by atoms with Crippen molar-refractivity contribution >= 4 is 15.9 Å². The molecule has 0 aliphatic heterocycles. The predicted octanol–water partition coefficient (Wildman–Crippen LogP) is 3.84. The second kappa shape index (κ2) is 5.17. The van der Waals surface area contributed by atoms with Gasteiger partial charge in [0.1, 0.15) is 0 Å². The molecule has 0 spiro atoms. The highest BCUT2D eigenvalue weighted by atomic mass is 79.9. The molecule has 1 heteroatoms. The minimum atomic E-state index is 0.720. The standard InChI is InChI=1S/C9H19Br/c1-5-6-9(10)8(4)7(2)3/h7-9H,5-6H2,1-4H3. The maximum atomic E-state index is 3.70. The summed E-state index contributed by atoms with van der Waals surface area (Å²) in [6, 6.07) is 0. The molecule has 0 radical (unpaired) electrons. The van der Waals surface area contributed by atoms with Gasteiger partial charge in [0, 0.05) is 4.83 Å². The van der Waals surface area contributed by atoms with Crippen LogP contribution in [-0.4, -0.2) is 4.83 Å². The largest absolute Gasteiger partial charge is 0.0888 e. The Balaban J connectivity index is 3.58. The van der Waals surface area contributed by atoms with Gasteiger partial charge in [-0.05, 0) is 18.3 Å². The van der Waals surface area contributed by atoms with Crippen LogP contribution in [0.2, 0.25) is 0 Å². The summed E-state index contributed by atoms with van der Waals surface area (Å²) >= 11 is 3.70. The molecule has 0 saturated heterocycles. The molecule has 0 N–H and O–H groups in total. The molecule has 0 bridgehead atoms. The van der Waals surface area contributed by atoms with Crippen molar-refractivity contribution in [3.8, 4) is 0 Å². The minimum absolute atomic E-state index is 0.720. The van der Waals surface area contributed by atoms with Gasteiger partial charge in [-0.15, -0.1) is 0 Å². The van der Waals surface area contributed by atoms with Crippen molar-refractivity contribution in [3.05, 3.63) is 0 Å². The molecule has 0 fully saturated rings. The van der Waals surface area contributed by atoms with Gasteiger partial charge in [-0.1, -0.05) is 50.0 Å². The summed E-state index contributed by atoms with van der Waals surface area (Å²) in [5, 5.41) is 0. The fraction of sp³-hybridized carbons (Fsp3) is 1.00. The van der Waals surface area contributed by atoms with Gasteiger partial charge in [0.05, 0.1) is 0 Å². The van der Waals surface area contributed by atoms with Crippen LogP contribution in [0.4, 0.5) is 0 Å². The lowest BCUT2D eigenvalue weighted by Gasteiger charge is -2.20. The fourth-order valence-electron chi connectivity index (χ4n) is 0.956. The highest BCUT2D eigenvalue weighted by Crippen LogP contribution is 2.24. The summed E-state index contributed by atoms with van der Waals surface area (Å²) in [4.78, 5) is 0.720. The summed E-state index contributed by atoms with van der Waals surface area (Å²) in [6.45, 7) is 9.13. The summed E-state index contributed by atoms with van der Waals surface area (Å²) in [6.07, 6.45) is 2.59. The third-order valence-corrected chi connectivity index (χ3v) is 3.48. The van der Waals surface area contributed by atoms with Gasteiger partial charge >= 0.3 is 0 Å². The van der Waals surface area contributed by atoms with Crippen LogP contribution in [0.5, 0.6) is 0 Å². The maximum Gasteiger partial charge on any atom is 0.0173 e. The zero-order valence-electron chi connectivity index (χ0n) is 7.52. The lowest BCUT2D eigenvalue weighted by Crippen LogP contribution is -2.16. The Hall–Kier alpha value is 0.480. The Morgan fingerprint density at radius 3 is 2.00 bits per heavy atom. The fourth-order valence-corrected chi connectivity index (χ4v) is 2.02. The van der Waals surface area contributed by atoms with Gasteiger partial charge in [0.15, 0.2) is 0 Å². The topological polar surface area (TPSA) is 0 Å². The molecule has 0 aliphatic carbocycles. The number of hydrogen-bond donors (Lipinski definition) is 0. The Kier molecular flexibility index (Phi) is 5.42. The van der Waals surface area contributed by atoms with Crippen LogP contribution in [0.15, 0.2) is 0 Å². The van der Waals surface area contributed by atoms with E-state index in [-0.39, 0.29) is 0 Å². The molecule has 2 unspecified atom stereocenters. The van der Waals surface area contributed by atoms with Crippen molar-refractivity contribution < 1.29 is 0 Å². The third kappa shape index (κ3) is 3.60. The van der Waals surface area contributed by atoms with Crippen molar-refractivity contribution in [2.45, 2.75) is 45.4 Å². The molecule has 0 aromatic carbocycles. The Labute approximate surface area is 73.5 Å². The predicted molar refractivity (Wildman–Crippen MR) is 51.6 cm³/mol. The number of halogens is 1. The van der Waals surface area contributed by atoms with Crippen LogP contribution >= 0.6 is 15.9 Å². The minimum Gasteiger partial charge on any atom is -0.0888 e. The highest BCUT2D eigenvalue weighted by Gasteiger charge is 2.15. The van der Waals surface area contributed by atoms with Gasteiger partial charge in [-0.25, -0.2) is 0 Å². The summed E-state index contributed by atoms with van der Waals surface area (Å²) in [5.74, 6) is 1.61. The van der Waals surface area contributed by atoms with E-state index in [1.54, 1.807) is 0 Å².